The van der Waals surface area contributed by atoms with E-state index in [1.165, 1.54) is 25.7 Å². The van der Waals surface area contributed by atoms with Crippen LogP contribution in [0, 0.1) is 11.3 Å². The largest absolute Gasteiger partial charge is 0.493 e. The second-order valence-corrected chi connectivity index (χ2v) is 9.31. The molecule has 0 spiro atoms. The number of nitrogens with zero attached hydrogens (tertiary/aromatic N) is 2. The van der Waals surface area contributed by atoms with Crippen molar-refractivity contribution in [3.8, 4) is 5.75 Å². The summed E-state index contributed by atoms with van der Waals surface area (Å²) in [4.78, 5) is 18.2. The lowest BCUT2D eigenvalue weighted by Gasteiger charge is -2.35. The van der Waals surface area contributed by atoms with Crippen LogP contribution in [0.1, 0.15) is 57.6 Å². The van der Waals surface area contributed by atoms with Gasteiger partial charge in [0.25, 0.3) is 0 Å². The van der Waals surface area contributed by atoms with Crippen molar-refractivity contribution < 1.29 is 9.53 Å². The highest BCUT2D eigenvalue weighted by molar-refractivity contribution is 14.0. The van der Waals surface area contributed by atoms with Crippen LogP contribution in [0.5, 0.6) is 5.75 Å². The van der Waals surface area contributed by atoms with Gasteiger partial charge in [0.05, 0.1) is 12.6 Å². The fourth-order valence-corrected chi connectivity index (χ4v) is 4.00. The lowest BCUT2D eigenvalue weighted by molar-refractivity contribution is -0.127. The molecule has 2 N–H and O–H groups in total. The fourth-order valence-electron chi connectivity index (χ4n) is 4.00. The lowest BCUT2D eigenvalue weighted by Crippen LogP contribution is -2.44. The van der Waals surface area contributed by atoms with Gasteiger partial charge in [0.2, 0.25) is 5.91 Å². The number of nitrogens with one attached hydrogen (secondary N) is 2. The number of carbonyl (C=O) groups is 1. The van der Waals surface area contributed by atoms with Gasteiger partial charge in [-0.1, -0.05) is 32.0 Å². The number of amides is 1. The molecular formula is C23H37IN4O2. The van der Waals surface area contributed by atoms with E-state index in [-0.39, 0.29) is 42.5 Å². The molecule has 1 heterocycles. The Balaban J connectivity index is 0.00000320. The summed E-state index contributed by atoms with van der Waals surface area (Å²) >= 11 is 0. The smallest absolute Gasteiger partial charge is 0.243 e. The van der Waals surface area contributed by atoms with E-state index in [9.17, 15) is 4.79 Å². The SMILES string of the molecule is CN(C)C(=O)CN=C(NCC1CCC(C)(C)CC1)NC1CCOc2ccccc21.I. The number of halogens is 1. The molecule has 1 atom stereocenters. The maximum absolute atomic E-state index is 12.1. The summed E-state index contributed by atoms with van der Waals surface area (Å²) in [6, 6.07) is 8.26. The van der Waals surface area contributed by atoms with Crippen molar-refractivity contribution >= 4 is 35.8 Å². The highest BCUT2D eigenvalue weighted by atomic mass is 127. The molecule has 1 fully saturated rings. The van der Waals surface area contributed by atoms with E-state index in [2.05, 4.69) is 35.5 Å². The van der Waals surface area contributed by atoms with Gasteiger partial charge in [0.1, 0.15) is 12.3 Å². The minimum atomic E-state index is -0.00195. The van der Waals surface area contributed by atoms with Crippen molar-refractivity contribution in [1.29, 1.82) is 0 Å². The molecule has 168 valence electrons. The first-order valence-corrected chi connectivity index (χ1v) is 10.8. The van der Waals surface area contributed by atoms with Crippen LogP contribution < -0.4 is 15.4 Å². The molecule has 1 aromatic rings. The number of rotatable bonds is 5. The zero-order valence-electron chi connectivity index (χ0n) is 18.7. The molecule has 0 aromatic heterocycles. The molecule has 1 amide bonds. The van der Waals surface area contributed by atoms with E-state index in [0.29, 0.717) is 23.9 Å². The quantitative estimate of drug-likeness (QED) is 0.345. The Morgan fingerprint density at radius 2 is 1.90 bits per heavy atom. The molecule has 1 saturated carbocycles. The summed E-state index contributed by atoms with van der Waals surface area (Å²) in [5.74, 6) is 2.29. The Hall–Kier alpha value is -1.51. The highest BCUT2D eigenvalue weighted by Gasteiger charge is 2.27. The molecule has 1 unspecified atom stereocenters. The molecule has 0 saturated heterocycles. The molecule has 3 rings (SSSR count). The molecule has 2 aliphatic rings. The van der Waals surface area contributed by atoms with Gasteiger partial charge in [-0.2, -0.15) is 0 Å². The zero-order chi connectivity index (χ0) is 20.9. The van der Waals surface area contributed by atoms with E-state index in [0.717, 1.165) is 24.3 Å². The Labute approximate surface area is 198 Å². The number of ether oxygens (including phenoxy) is 1. The van der Waals surface area contributed by atoms with Gasteiger partial charge in [-0.05, 0) is 43.1 Å². The molecule has 0 radical (unpaired) electrons. The fraction of sp³-hybridized carbons (Fsp3) is 0.652. The minimum Gasteiger partial charge on any atom is -0.493 e. The van der Waals surface area contributed by atoms with Crippen LogP contribution in [0.3, 0.4) is 0 Å². The van der Waals surface area contributed by atoms with Gasteiger partial charge in [0.15, 0.2) is 5.96 Å². The summed E-state index contributed by atoms with van der Waals surface area (Å²) in [6.07, 6.45) is 5.89. The van der Waals surface area contributed by atoms with Crippen molar-refractivity contribution in [2.75, 3.05) is 33.8 Å². The number of hydrogen-bond donors (Lipinski definition) is 2. The number of fused-ring (bicyclic) bond motifs is 1. The van der Waals surface area contributed by atoms with Crippen LogP contribution in [0.4, 0.5) is 0 Å². The molecule has 6 nitrogen and oxygen atoms in total. The van der Waals surface area contributed by atoms with E-state index in [1.807, 2.05) is 18.2 Å². The molecule has 1 aliphatic heterocycles. The van der Waals surface area contributed by atoms with E-state index in [4.69, 9.17) is 4.74 Å². The summed E-state index contributed by atoms with van der Waals surface area (Å²) in [6.45, 7) is 6.44. The Morgan fingerprint density at radius 3 is 2.60 bits per heavy atom. The van der Waals surface area contributed by atoms with Crippen molar-refractivity contribution in [3.05, 3.63) is 29.8 Å². The standard InChI is InChI=1S/C23H36N4O2.HI/c1-23(2)12-9-17(10-13-23)15-24-22(25-16-21(28)27(3)4)26-19-11-14-29-20-8-6-5-7-18(19)20;/h5-8,17,19H,9-16H2,1-4H3,(H2,24,25,26);1H. The molecule has 0 bridgehead atoms. The van der Waals surface area contributed by atoms with Crippen molar-refractivity contribution in [2.24, 2.45) is 16.3 Å². The van der Waals surface area contributed by atoms with Crippen LogP contribution in [0.2, 0.25) is 0 Å². The van der Waals surface area contributed by atoms with Crippen molar-refractivity contribution in [3.63, 3.8) is 0 Å². The first-order valence-electron chi connectivity index (χ1n) is 10.8. The number of carbonyl (C=O) groups excluding carboxylic acids is 1. The third kappa shape index (κ3) is 7.03. The zero-order valence-corrected chi connectivity index (χ0v) is 21.1. The van der Waals surface area contributed by atoms with E-state index in [1.54, 1.807) is 19.0 Å². The predicted molar refractivity (Wildman–Crippen MR) is 133 cm³/mol. The lowest BCUT2D eigenvalue weighted by atomic mass is 9.73. The maximum atomic E-state index is 12.1. The third-order valence-electron chi connectivity index (χ3n) is 6.16. The van der Waals surface area contributed by atoms with Crippen LogP contribution in [0.25, 0.3) is 0 Å². The van der Waals surface area contributed by atoms with Crippen LogP contribution >= 0.6 is 24.0 Å². The van der Waals surface area contributed by atoms with Gasteiger partial charge in [-0.25, -0.2) is 4.99 Å². The van der Waals surface area contributed by atoms with Crippen LogP contribution in [-0.2, 0) is 4.79 Å². The Bertz CT molecular complexity index is 726. The van der Waals surface area contributed by atoms with Crippen LogP contribution in [-0.4, -0.2) is 50.6 Å². The number of aliphatic imine (C=N–C) groups is 1. The second-order valence-electron chi connectivity index (χ2n) is 9.31. The van der Waals surface area contributed by atoms with Gasteiger partial charge in [0, 0.05) is 32.6 Å². The number of guanidine groups is 1. The number of benzene rings is 1. The number of hydrogen-bond acceptors (Lipinski definition) is 3. The monoisotopic (exact) mass is 528 g/mol. The second kappa shape index (κ2) is 11.2. The van der Waals surface area contributed by atoms with Crippen molar-refractivity contribution in [1.82, 2.24) is 15.5 Å². The van der Waals surface area contributed by atoms with Crippen LogP contribution in [0.15, 0.2) is 29.3 Å². The molecule has 1 aromatic carbocycles. The molecular weight excluding hydrogens is 491 g/mol. The van der Waals surface area contributed by atoms with Gasteiger partial charge >= 0.3 is 0 Å². The summed E-state index contributed by atoms with van der Waals surface area (Å²) < 4.78 is 5.78. The highest BCUT2D eigenvalue weighted by Crippen LogP contribution is 2.37. The first kappa shape index (κ1) is 24.8. The predicted octanol–water partition coefficient (Wildman–Crippen LogP) is 3.97. The first-order chi connectivity index (χ1) is 13.8. The Kier molecular flexibility index (Phi) is 9.25. The molecule has 1 aliphatic carbocycles. The maximum Gasteiger partial charge on any atom is 0.243 e. The van der Waals surface area contributed by atoms with E-state index < -0.39 is 0 Å². The average Bonchev–Trinajstić information content (AvgIpc) is 2.70. The van der Waals surface area contributed by atoms with Gasteiger partial charge < -0.3 is 20.3 Å². The van der Waals surface area contributed by atoms with E-state index >= 15 is 0 Å². The number of likely N-dealkylation sites (N-methyl/N-ethyl adjacent to an activating group) is 1. The van der Waals surface area contributed by atoms with Gasteiger partial charge in [-0.15, -0.1) is 24.0 Å². The number of para-hydroxylation sites is 1. The third-order valence-corrected chi connectivity index (χ3v) is 6.16. The Morgan fingerprint density at radius 1 is 1.20 bits per heavy atom. The minimum absolute atomic E-state index is 0. The topological polar surface area (TPSA) is 66.0 Å². The van der Waals surface area contributed by atoms with Gasteiger partial charge in [-0.3, -0.25) is 4.79 Å². The molecule has 7 heteroatoms. The normalized spacial score (nSPS) is 20.9. The summed E-state index contributed by atoms with van der Waals surface area (Å²) in [5, 5.41) is 7.07. The summed E-state index contributed by atoms with van der Waals surface area (Å²) in [5.41, 5.74) is 1.61. The summed E-state index contributed by atoms with van der Waals surface area (Å²) in [7, 11) is 3.52. The average molecular weight is 528 g/mol. The van der Waals surface area contributed by atoms with Crippen molar-refractivity contribution in [2.45, 2.75) is 52.0 Å². The molecule has 30 heavy (non-hydrogen) atoms.